The lowest BCUT2D eigenvalue weighted by atomic mass is 10.2. The van der Waals surface area contributed by atoms with E-state index in [1.54, 1.807) is 19.2 Å². The molecule has 2 rings (SSSR count). The van der Waals surface area contributed by atoms with E-state index >= 15 is 0 Å². The molecule has 1 N–H and O–H groups in total. The maximum absolute atomic E-state index is 11.9. The van der Waals surface area contributed by atoms with E-state index in [1.165, 1.54) is 18.2 Å². The van der Waals surface area contributed by atoms with Gasteiger partial charge in [0.1, 0.15) is 5.75 Å². The number of methoxy groups -OCH3 is 1. The Morgan fingerprint density at radius 3 is 2.42 bits per heavy atom. The molecule has 0 saturated carbocycles. The van der Waals surface area contributed by atoms with Gasteiger partial charge in [-0.15, -0.1) is 0 Å². The quantitative estimate of drug-likeness (QED) is 0.793. The number of carbonyl (C=O) groups excluding carboxylic acids is 2. The first-order valence-electron chi connectivity index (χ1n) is 7.01. The molecule has 0 spiro atoms. The predicted octanol–water partition coefficient (Wildman–Crippen LogP) is 3.48. The fourth-order valence-corrected chi connectivity index (χ4v) is 2.34. The number of ether oxygens (including phenoxy) is 2. The van der Waals surface area contributed by atoms with E-state index in [2.05, 4.69) is 5.32 Å². The van der Waals surface area contributed by atoms with E-state index in [-0.39, 0.29) is 10.6 Å². The maximum atomic E-state index is 11.9. The lowest BCUT2D eigenvalue weighted by Gasteiger charge is -2.08. The van der Waals surface area contributed by atoms with Crippen LogP contribution in [0.1, 0.15) is 15.9 Å². The molecule has 0 aliphatic rings. The van der Waals surface area contributed by atoms with Crippen molar-refractivity contribution in [2.75, 3.05) is 13.7 Å². The van der Waals surface area contributed by atoms with Gasteiger partial charge in [-0.3, -0.25) is 4.79 Å². The topological polar surface area (TPSA) is 64.6 Å². The Kier molecular flexibility index (Phi) is 6.46. The molecule has 1 amide bonds. The number of esters is 1. The predicted molar refractivity (Wildman–Crippen MR) is 91.6 cm³/mol. The van der Waals surface area contributed by atoms with Crippen LogP contribution in [0, 0.1) is 0 Å². The third kappa shape index (κ3) is 5.15. The molecule has 7 heteroatoms. The average molecular weight is 368 g/mol. The molecule has 2 aromatic rings. The first-order chi connectivity index (χ1) is 11.5. The first-order valence-corrected chi connectivity index (χ1v) is 7.77. The van der Waals surface area contributed by atoms with Crippen LogP contribution in [0.5, 0.6) is 5.75 Å². The Morgan fingerprint density at radius 1 is 1.08 bits per heavy atom. The van der Waals surface area contributed by atoms with Crippen molar-refractivity contribution in [3.05, 3.63) is 63.6 Å². The Hall–Kier alpha value is -2.24. The summed E-state index contributed by atoms with van der Waals surface area (Å²) in [5, 5.41) is 3.24. The minimum atomic E-state index is -0.684. The molecular weight excluding hydrogens is 353 g/mol. The lowest BCUT2D eigenvalue weighted by molar-refractivity contribution is -0.124. The molecule has 0 heterocycles. The van der Waals surface area contributed by atoms with Crippen molar-refractivity contribution in [2.24, 2.45) is 0 Å². The van der Waals surface area contributed by atoms with Crippen LogP contribution < -0.4 is 10.1 Å². The van der Waals surface area contributed by atoms with Crippen LogP contribution in [0.15, 0.2) is 42.5 Å². The summed E-state index contributed by atoms with van der Waals surface area (Å²) in [7, 11) is 1.58. The molecule has 0 saturated heterocycles. The van der Waals surface area contributed by atoms with Crippen LogP contribution >= 0.6 is 23.2 Å². The van der Waals surface area contributed by atoms with E-state index in [0.29, 0.717) is 11.6 Å². The Morgan fingerprint density at radius 2 is 1.79 bits per heavy atom. The molecule has 0 radical (unpaired) electrons. The standard InChI is InChI=1S/C17H15Cl2NO4/c1-23-13-5-2-11(3-6-13)9-20-16(21)10-24-17(22)14-7-4-12(18)8-15(14)19/h2-8H,9-10H2,1H3,(H,20,21). The van der Waals surface area contributed by atoms with Gasteiger partial charge in [0.05, 0.1) is 17.7 Å². The summed E-state index contributed by atoms with van der Waals surface area (Å²) in [6, 6.07) is 11.7. The number of carbonyl (C=O) groups is 2. The molecule has 0 bridgehead atoms. The fourth-order valence-electron chi connectivity index (χ4n) is 1.86. The molecule has 2 aromatic carbocycles. The minimum absolute atomic E-state index is 0.157. The van der Waals surface area contributed by atoms with Crippen molar-refractivity contribution >= 4 is 35.1 Å². The number of rotatable bonds is 6. The molecule has 0 aliphatic carbocycles. The van der Waals surface area contributed by atoms with E-state index in [9.17, 15) is 9.59 Å². The highest BCUT2D eigenvalue weighted by molar-refractivity contribution is 6.36. The summed E-state index contributed by atoms with van der Waals surface area (Å²) in [4.78, 5) is 23.6. The zero-order valence-electron chi connectivity index (χ0n) is 12.8. The second kappa shape index (κ2) is 8.57. The second-order valence-corrected chi connectivity index (χ2v) is 5.67. The summed E-state index contributed by atoms with van der Waals surface area (Å²) in [6.45, 7) is -0.0734. The highest BCUT2D eigenvalue weighted by Crippen LogP contribution is 2.21. The summed E-state index contributed by atoms with van der Waals surface area (Å²) >= 11 is 11.7. The number of hydrogen-bond acceptors (Lipinski definition) is 4. The molecule has 0 fully saturated rings. The number of amides is 1. The summed E-state index contributed by atoms with van der Waals surface area (Å²) in [6.07, 6.45) is 0. The number of benzene rings is 2. The molecule has 24 heavy (non-hydrogen) atoms. The van der Waals surface area contributed by atoms with Crippen LogP contribution in [-0.2, 0) is 16.1 Å². The van der Waals surface area contributed by atoms with E-state index in [4.69, 9.17) is 32.7 Å². The molecule has 0 aliphatic heterocycles. The maximum Gasteiger partial charge on any atom is 0.340 e. The van der Waals surface area contributed by atoms with E-state index < -0.39 is 18.5 Å². The molecule has 126 valence electrons. The van der Waals surface area contributed by atoms with E-state index in [1.807, 2.05) is 12.1 Å². The van der Waals surface area contributed by atoms with Crippen molar-refractivity contribution in [3.8, 4) is 5.75 Å². The van der Waals surface area contributed by atoms with Gasteiger partial charge in [-0.25, -0.2) is 4.79 Å². The van der Waals surface area contributed by atoms with Gasteiger partial charge in [0.2, 0.25) is 0 Å². The van der Waals surface area contributed by atoms with Crippen LogP contribution in [0.4, 0.5) is 0 Å². The van der Waals surface area contributed by atoms with Crippen molar-refractivity contribution < 1.29 is 19.1 Å². The van der Waals surface area contributed by atoms with Gasteiger partial charge in [0, 0.05) is 11.6 Å². The number of halogens is 2. The second-order valence-electron chi connectivity index (χ2n) is 4.83. The van der Waals surface area contributed by atoms with Gasteiger partial charge in [-0.2, -0.15) is 0 Å². The lowest BCUT2D eigenvalue weighted by Crippen LogP contribution is -2.28. The van der Waals surface area contributed by atoms with Crippen molar-refractivity contribution in [3.63, 3.8) is 0 Å². The van der Waals surface area contributed by atoms with Crippen LogP contribution in [0.25, 0.3) is 0 Å². The van der Waals surface area contributed by atoms with Crippen molar-refractivity contribution in [2.45, 2.75) is 6.54 Å². The van der Waals surface area contributed by atoms with E-state index in [0.717, 1.165) is 11.3 Å². The largest absolute Gasteiger partial charge is 0.497 e. The van der Waals surface area contributed by atoms with Crippen LogP contribution in [0.3, 0.4) is 0 Å². The zero-order chi connectivity index (χ0) is 17.5. The normalized spacial score (nSPS) is 10.1. The van der Waals surface area contributed by atoms with Gasteiger partial charge in [0.15, 0.2) is 6.61 Å². The van der Waals surface area contributed by atoms with Crippen molar-refractivity contribution in [1.82, 2.24) is 5.32 Å². The average Bonchev–Trinajstić information content (AvgIpc) is 2.58. The molecular formula is C17H15Cl2NO4. The first kappa shape index (κ1) is 18.1. The molecule has 5 nitrogen and oxygen atoms in total. The zero-order valence-corrected chi connectivity index (χ0v) is 14.4. The highest BCUT2D eigenvalue weighted by Gasteiger charge is 2.14. The molecule has 0 atom stereocenters. The summed E-state index contributed by atoms with van der Waals surface area (Å²) in [5.41, 5.74) is 1.06. The fraction of sp³-hybridized carbons (Fsp3) is 0.176. The van der Waals surface area contributed by atoms with Gasteiger partial charge in [0.25, 0.3) is 5.91 Å². The van der Waals surface area contributed by atoms with Gasteiger partial charge in [-0.1, -0.05) is 35.3 Å². The molecule has 0 unspecified atom stereocenters. The number of hydrogen-bond donors (Lipinski definition) is 1. The molecule has 0 aromatic heterocycles. The summed E-state index contributed by atoms with van der Waals surface area (Å²) < 4.78 is 9.99. The van der Waals surface area contributed by atoms with Crippen LogP contribution in [-0.4, -0.2) is 25.6 Å². The third-order valence-corrected chi connectivity index (χ3v) is 3.68. The SMILES string of the molecule is COc1ccc(CNC(=O)COC(=O)c2ccc(Cl)cc2Cl)cc1. The van der Waals surface area contributed by atoms with Crippen molar-refractivity contribution in [1.29, 1.82) is 0 Å². The minimum Gasteiger partial charge on any atom is -0.497 e. The third-order valence-electron chi connectivity index (χ3n) is 3.13. The van der Waals surface area contributed by atoms with Gasteiger partial charge < -0.3 is 14.8 Å². The highest BCUT2D eigenvalue weighted by atomic mass is 35.5. The van der Waals surface area contributed by atoms with Crippen LogP contribution in [0.2, 0.25) is 10.0 Å². The Bertz CT molecular complexity index is 732. The van der Waals surface area contributed by atoms with Gasteiger partial charge >= 0.3 is 5.97 Å². The number of nitrogens with one attached hydrogen (secondary N) is 1. The summed E-state index contributed by atoms with van der Waals surface area (Å²) in [5.74, 6) is -0.362. The monoisotopic (exact) mass is 367 g/mol. The van der Waals surface area contributed by atoms with Gasteiger partial charge in [-0.05, 0) is 35.9 Å². The Balaban J connectivity index is 1.80. The smallest absolute Gasteiger partial charge is 0.340 e. The Labute approximate surface area is 149 Å².